The molecule has 0 heterocycles. The van der Waals surface area contributed by atoms with Gasteiger partial charge in [0.1, 0.15) is 5.75 Å². The van der Waals surface area contributed by atoms with Crippen LogP contribution in [0, 0.1) is 6.92 Å². The molecule has 0 saturated heterocycles. The molecule has 1 rings (SSSR count). The smallest absolute Gasteiger partial charge is 0.317 e. The SMILES string of the molecule is Cc1ccc(OCNC(=O)NCCCCl)cc1. The van der Waals surface area contributed by atoms with Crippen LogP contribution in [-0.4, -0.2) is 25.2 Å². The third-order valence-electron chi connectivity index (χ3n) is 2.09. The monoisotopic (exact) mass is 256 g/mol. The molecule has 0 atom stereocenters. The zero-order valence-electron chi connectivity index (χ0n) is 9.83. The van der Waals surface area contributed by atoms with Gasteiger partial charge in [0.25, 0.3) is 0 Å². The van der Waals surface area contributed by atoms with Crippen LogP contribution in [0.5, 0.6) is 5.75 Å². The van der Waals surface area contributed by atoms with Crippen molar-refractivity contribution < 1.29 is 9.53 Å². The molecule has 2 amide bonds. The summed E-state index contributed by atoms with van der Waals surface area (Å²) >= 11 is 5.49. The molecule has 0 radical (unpaired) electrons. The lowest BCUT2D eigenvalue weighted by Crippen LogP contribution is -2.38. The molecule has 0 saturated carbocycles. The predicted octanol–water partition coefficient (Wildman–Crippen LogP) is 2.26. The molecule has 94 valence electrons. The summed E-state index contributed by atoms with van der Waals surface area (Å²) in [7, 11) is 0. The number of alkyl halides is 1. The minimum absolute atomic E-state index is 0.149. The maximum atomic E-state index is 11.2. The molecule has 0 bridgehead atoms. The zero-order valence-corrected chi connectivity index (χ0v) is 10.6. The van der Waals surface area contributed by atoms with Crippen LogP contribution in [-0.2, 0) is 0 Å². The zero-order chi connectivity index (χ0) is 12.5. The van der Waals surface area contributed by atoms with Crippen molar-refractivity contribution in [1.29, 1.82) is 0 Å². The molecule has 0 aliphatic rings. The second-order valence-electron chi connectivity index (χ2n) is 3.58. The van der Waals surface area contributed by atoms with Crippen molar-refractivity contribution in [2.75, 3.05) is 19.2 Å². The summed E-state index contributed by atoms with van der Waals surface area (Å²) in [6.45, 7) is 2.72. The molecule has 0 aromatic heterocycles. The Kier molecular flexibility index (Phi) is 6.25. The Balaban J connectivity index is 2.14. The quantitative estimate of drug-likeness (QED) is 0.466. The summed E-state index contributed by atoms with van der Waals surface area (Å²) in [5, 5.41) is 5.25. The molecular weight excluding hydrogens is 240 g/mol. The van der Waals surface area contributed by atoms with E-state index in [1.807, 2.05) is 31.2 Å². The molecular formula is C12H17ClN2O2. The summed E-state index contributed by atoms with van der Waals surface area (Å²) in [4.78, 5) is 11.2. The standard InChI is InChI=1S/C12H17ClN2O2/c1-10-3-5-11(6-4-10)17-9-15-12(16)14-8-2-7-13/h3-6H,2,7-9H2,1H3,(H2,14,15,16). The lowest BCUT2D eigenvalue weighted by atomic mass is 10.2. The summed E-state index contributed by atoms with van der Waals surface area (Å²) in [5.74, 6) is 1.27. The first kappa shape index (κ1) is 13.6. The minimum Gasteiger partial charge on any atom is -0.473 e. The van der Waals surface area contributed by atoms with E-state index in [0.717, 1.165) is 12.2 Å². The number of amides is 2. The highest BCUT2D eigenvalue weighted by molar-refractivity contribution is 6.17. The van der Waals surface area contributed by atoms with Gasteiger partial charge in [-0.1, -0.05) is 17.7 Å². The Morgan fingerprint density at radius 1 is 1.29 bits per heavy atom. The van der Waals surface area contributed by atoms with E-state index in [1.54, 1.807) is 0 Å². The maximum absolute atomic E-state index is 11.2. The number of halogens is 1. The highest BCUT2D eigenvalue weighted by atomic mass is 35.5. The summed E-state index contributed by atoms with van der Waals surface area (Å²) < 4.78 is 5.34. The fourth-order valence-corrected chi connectivity index (χ4v) is 1.28. The lowest BCUT2D eigenvalue weighted by Gasteiger charge is -2.09. The normalized spacial score (nSPS) is 9.76. The Bertz CT molecular complexity index is 341. The van der Waals surface area contributed by atoms with Crippen LogP contribution in [0.25, 0.3) is 0 Å². The number of benzene rings is 1. The van der Waals surface area contributed by atoms with Gasteiger partial charge >= 0.3 is 6.03 Å². The van der Waals surface area contributed by atoms with E-state index >= 15 is 0 Å². The van der Waals surface area contributed by atoms with Gasteiger partial charge in [0.05, 0.1) is 0 Å². The number of ether oxygens (including phenoxy) is 1. The van der Waals surface area contributed by atoms with Crippen molar-refractivity contribution in [2.45, 2.75) is 13.3 Å². The number of hydrogen-bond acceptors (Lipinski definition) is 2. The highest BCUT2D eigenvalue weighted by Crippen LogP contribution is 2.10. The first-order chi connectivity index (χ1) is 8.22. The molecule has 17 heavy (non-hydrogen) atoms. The number of urea groups is 1. The van der Waals surface area contributed by atoms with Crippen LogP contribution in [0.4, 0.5) is 4.79 Å². The topological polar surface area (TPSA) is 50.4 Å². The van der Waals surface area contributed by atoms with E-state index in [0.29, 0.717) is 12.4 Å². The number of nitrogens with one attached hydrogen (secondary N) is 2. The van der Waals surface area contributed by atoms with E-state index in [1.165, 1.54) is 5.56 Å². The first-order valence-electron chi connectivity index (χ1n) is 5.49. The molecule has 0 aliphatic heterocycles. The van der Waals surface area contributed by atoms with Crippen LogP contribution >= 0.6 is 11.6 Å². The van der Waals surface area contributed by atoms with Crippen molar-refractivity contribution in [3.05, 3.63) is 29.8 Å². The minimum atomic E-state index is -0.248. The molecule has 0 unspecified atom stereocenters. The molecule has 4 nitrogen and oxygen atoms in total. The number of rotatable bonds is 6. The van der Waals surface area contributed by atoms with Gasteiger partial charge in [-0.2, -0.15) is 0 Å². The molecule has 1 aromatic rings. The predicted molar refractivity (Wildman–Crippen MR) is 68.5 cm³/mol. The van der Waals surface area contributed by atoms with E-state index in [-0.39, 0.29) is 12.8 Å². The van der Waals surface area contributed by atoms with Crippen LogP contribution in [0.15, 0.2) is 24.3 Å². The average molecular weight is 257 g/mol. The van der Waals surface area contributed by atoms with Gasteiger partial charge in [0.2, 0.25) is 0 Å². The summed E-state index contributed by atoms with van der Waals surface area (Å²) in [6, 6.07) is 7.39. The lowest BCUT2D eigenvalue weighted by molar-refractivity contribution is 0.224. The fourth-order valence-electron chi connectivity index (χ4n) is 1.15. The average Bonchev–Trinajstić information content (AvgIpc) is 2.32. The molecule has 0 spiro atoms. The van der Waals surface area contributed by atoms with Gasteiger partial charge < -0.3 is 15.4 Å². The Morgan fingerprint density at radius 2 is 2.00 bits per heavy atom. The third kappa shape index (κ3) is 6.02. The highest BCUT2D eigenvalue weighted by Gasteiger charge is 1.98. The summed E-state index contributed by atoms with van der Waals surface area (Å²) in [6.07, 6.45) is 0.758. The van der Waals surface area contributed by atoms with Gasteiger partial charge in [0.15, 0.2) is 6.73 Å². The van der Waals surface area contributed by atoms with Crippen molar-refractivity contribution in [3.8, 4) is 5.75 Å². The van der Waals surface area contributed by atoms with Crippen LogP contribution in [0.2, 0.25) is 0 Å². The first-order valence-corrected chi connectivity index (χ1v) is 6.03. The molecule has 2 N–H and O–H groups in total. The Labute approximate surface area is 106 Å². The van der Waals surface area contributed by atoms with Gasteiger partial charge in [-0.15, -0.1) is 11.6 Å². The molecule has 5 heteroatoms. The van der Waals surface area contributed by atoms with Gasteiger partial charge in [-0.3, -0.25) is 0 Å². The Hall–Kier alpha value is -1.42. The molecule has 1 aromatic carbocycles. The van der Waals surface area contributed by atoms with Gasteiger partial charge in [0, 0.05) is 12.4 Å². The third-order valence-corrected chi connectivity index (χ3v) is 2.36. The second-order valence-corrected chi connectivity index (χ2v) is 3.95. The van der Waals surface area contributed by atoms with E-state index in [2.05, 4.69) is 10.6 Å². The van der Waals surface area contributed by atoms with E-state index in [4.69, 9.17) is 16.3 Å². The largest absolute Gasteiger partial charge is 0.473 e. The van der Waals surface area contributed by atoms with Crippen molar-refractivity contribution >= 4 is 17.6 Å². The number of carbonyl (C=O) groups excluding carboxylic acids is 1. The molecule has 0 aliphatic carbocycles. The number of carbonyl (C=O) groups is 1. The number of hydrogen-bond donors (Lipinski definition) is 2. The maximum Gasteiger partial charge on any atom is 0.317 e. The number of aryl methyl sites for hydroxylation is 1. The van der Waals surface area contributed by atoms with Crippen molar-refractivity contribution in [1.82, 2.24) is 10.6 Å². The second kappa shape index (κ2) is 7.79. The van der Waals surface area contributed by atoms with Crippen LogP contribution < -0.4 is 15.4 Å². The van der Waals surface area contributed by atoms with Gasteiger partial charge in [-0.05, 0) is 25.5 Å². The summed E-state index contributed by atoms with van der Waals surface area (Å²) in [5.41, 5.74) is 1.17. The molecule has 0 fully saturated rings. The van der Waals surface area contributed by atoms with Gasteiger partial charge in [-0.25, -0.2) is 4.79 Å². The van der Waals surface area contributed by atoms with E-state index < -0.39 is 0 Å². The van der Waals surface area contributed by atoms with Crippen LogP contribution in [0.3, 0.4) is 0 Å². The van der Waals surface area contributed by atoms with Crippen LogP contribution in [0.1, 0.15) is 12.0 Å². The van der Waals surface area contributed by atoms with E-state index in [9.17, 15) is 4.79 Å². The van der Waals surface area contributed by atoms with Crippen molar-refractivity contribution in [2.24, 2.45) is 0 Å². The Morgan fingerprint density at radius 3 is 2.65 bits per heavy atom. The van der Waals surface area contributed by atoms with Crippen molar-refractivity contribution in [3.63, 3.8) is 0 Å². The fraction of sp³-hybridized carbons (Fsp3) is 0.417.